The summed E-state index contributed by atoms with van der Waals surface area (Å²) in [4.78, 5) is 22.9. The van der Waals surface area contributed by atoms with Crippen molar-refractivity contribution in [3.8, 4) is 0 Å². The van der Waals surface area contributed by atoms with Gasteiger partial charge in [-0.2, -0.15) is 0 Å². The number of halogens is 1. The van der Waals surface area contributed by atoms with E-state index in [1.807, 2.05) is 13.8 Å². The Hall–Kier alpha value is -1.30. The lowest BCUT2D eigenvalue weighted by molar-refractivity contribution is -0.121. The smallest absolute Gasteiger partial charge is 0.239 e. The second kappa shape index (κ2) is 5.86. The van der Waals surface area contributed by atoms with E-state index in [0.29, 0.717) is 16.9 Å². The van der Waals surface area contributed by atoms with Gasteiger partial charge in [-0.05, 0) is 21.8 Å². The molecule has 0 bridgehead atoms. The molecule has 1 heterocycles. The molecule has 3 N–H and O–H groups in total. The van der Waals surface area contributed by atoms with Crippen LogP contribution in [0.4, 0.5) is 5.69 Å². The summed E-state index contributed by atoms with van der Waals surface area (Å²) < 4.78 is 1.94. The molecule has 0 saturated carbocycles. The zero-order valence-electron chi connectivity index (χ0n) is 9.87. The van der Waals surface area contributed by atoms with Crippen molar-refractivity contribution in [2.24, 2.45) is 5.92 Å². The van der Waals surface area contributed by atoms with E-state index in [0.717, 1.165) is 0 Å². The third-order valence-electron chi connectivity index (χ3n) is 2.10. The number of amides is 1. The van der Waals surface area contributed by atoms with Gasteiger partial charge in [0.05, 0.1) is 10.2 Å². The van der Waals surface area contributed by atoms with Crippen molar-refractivity contribution in [2.75, 3.05) is 12.3 Å². The van der Waals surface area contributed by atoms with Crippen LogP contribution in [0.2, 0.25) is 0 Å². The summed E-state index contributed by atoms with van der Waals surface area (Å²) in [7, 11) is 0. The Morgan fingerprint density at radius 1 is 1.53 bits per heavy atom. The number of hydrogen-bond acceptors (Lipinski definition) is 3. The van der Waals surface area contributed by atoms with Gasteiger partial charge in [-0.1, -0.05) is 13.8 Å². The number of pyridine rings is 1. The van der Waals surface area contributed by atoms with Crippen LogP contribution in [0, 0.1) is 5.92 Å². The molecule has 94 valence electrons. The number of carbonyl (C=O) groups excluding carboxylic acids is 1. The third kappa shape index (κ3) is 4.22. The average Bonchev–Trinajstić information content (AvgIpc) is 2.23. The number of aromatic nitrogens is 1. The lowest BCUT2D eigenvalue weighted by Crippen LogP contribution is -2.31. The number of hydrogen-bond donors (Lipinski definition) is 2. The molecule has 0 aromatic carbocycles. The highest BCUT2D eigenvalue weighted by Gasteiger charge is 2.06. The highest BCUT2D eigenvalue weighted by atomic mass is 79.9. The molecule has 1 aromatic heterocycles. The average molecular weight is 302 g/mol. The molecule has 6 heteroatoms. The molecular weight excluding hydrogens is 286 g/mol. The fraction of sp³-hybridized carbons (Fsp3) is 0.455. The lowest BCUT2D eigenvalue weighted by Gasteiger charge is -2.10. The highest BCUT2D eigenvalue weighted by molar-refractivity contribution is 9.10. The largest absolute Gasteiger partial charge is 0.394 e. The van der Waals surface area contributed by atoms with Gasteiger partial charge in [0.15, 0.2) is 0 Å². The number of carbonyl (C=O) groups is 1. The SMILES string of the molecule is CC(C)CNC(=O)Cn1cc(N)c(=O)c(Br)c1. The van der Waals surface area contributed by atoms with Gasteiger partial charge in [0.2, 0.25) is 11.3 Å². The summed E-state index contributed by atoms with van der Waals surface area (Å²) in [6.45, 7) is 4.83. The molecule has 0 fully saturated rings. The van der Waals surface area contributed by atoms with Crippen LogP contribution in [-0.4, -0.2) is 17.0 Å². The van der Waals surface area contributed by atoms with Crippen molar-refractivity contribution >= 4 is 27.5 Å². The molecule has 0 atom stereocenters. The van der Waals surface area contributed by atoms with Crippen LogP contribution in [-0.2, 0) is 11.3 Å². The van der Waals surface area contributed by atoms with Gasteiger partial charge >= 0.3 is 0 Å². The molecule has 0 saturated heterocycles. The Morgan fingerprint density at radius 2 is 2.18 bits per heavy atom. The van der Waals surface area contributed by atoms with Crippen molar-refractivity contribution in [1.82, 2.24) is 9.88 Å². The molecule has 0 aliphatic heterocycles. The Bertz CT molecular complexity index is 442. The van der Waals surface area contributed by atoms with Crippen molar-refractivity contribution in [3.63, 3.8) is 0 Å². The Kier molecular flexibility index (Phi) is 4.74. The molecule has 0 spiro atoms. The number of rotatable bonds is 4. The molecule has 5 nitrogen and oxygen atoms in total. The molecule has 17 heavy (non-hydrogen) atoms. The first-order valence-corrected chi connectivity index (χ1v) is 6.11. The Morgan fingerprint density at radius 3 is 2.71 bits per heavy atom. The molecule has 0 unspecified atom stereocenters. The maximum atomic E-state index is 11.6. The van der Waals surface area contributed by atoms with E-state index in [1.165, 1.54) is 6.20 Å². The third-order valence-corrected chi connectivity index (χ3v) is 2.66. The van der Waals surface area contributed by atoms with E-state index < -0.39 is 0 Å². The fourth-order valence-corrected chi connectivity index (χ4v) is 1.74. The standard InChI is InChI=1S/C11H16BrN3O2/c1-7(2)3-14-10(16)6-15-4-8(12)11(17)9(13)5-15/h4-5,7H,3,6,13H2,1-2H3,(H,14,16). The highest BCUT2D eigenvalue weighted by Crippen LogP contribution is 2.05. The van der Waals surface area contributed by atoms with Gasteiger partial charge in [0.25, 0.3) is 0 Å². The van der Waals surface area contributed by atoms with Crippen LogP contribution in [0.15, 0.2) is 21.7 Å². The summed E-state index contributed by atoms with van der Waals surface area (Å²) >= 11 is 3.10. The van der Waals surface area contributed by atoms with Gasteiger partial charge in [0.1, 0.15) is 6.54 Å². The van der Waals surface area contributed by atoms with E-state index in [-0.39, 0.29) is 23.6 Å². The molecule has 0 radical (unpaired) electrons. The van der Waals surface area contributed by atoms with Crippen molar-refractivity contribution < 1.29 is 4.79 Å². The molecule has 0 aliphatic carbocycles. The van der Waals surface area contributed by atoms with Crippen molar-refractivity contribution in [1.29, 1.82) is 0 Å². The minimum atomic E-state index is -0.260. The first-order chi connectivity index (χ1) is 7.90. The topological polar surface area (TPSA) is 77.1 Å². The number of anilines is 1. The second-order valence-corrected chi connectivity index (χ2v) is 5.12. The van der Waals surface area contributed by atoms with Crippen LogP contribution >= 0.6 is 15.9 Å². The second-order valence-electron chi connectivity index (χ2n) is 4.26. The van der Waals surface area contributed by atoms with Crippen molar-refractivity contribution in [2.45, 2.75) is 20.4 Å². The van der Waals surface area contributed by atoms with E-state index in [1.54, 1.807) is 10.8 Å². The first-order valence-electron chi connectivity index (χ1n) is 5.32. The number of nitrogens with one attached hydrogen (secondary N) is 1. The first kappa shape index (κ1) is 13.8. The molecule has 1 amide bonds. The Balaban J connectivity index is 2.69. The summed E-state index contributed by atoms with van der Waals surface area (Å²) in [6.07, 6.45) is 3.01. The molecule has 1 aromatic rings. The van der Waals surface area contributed by atoms with Crippen LogP contribution in [0.1, 0.15) is 13.8 Å². The predicted molar refractivity (Wildman–Crippen MR) is 70.7 cm³/mol. The molecule has 0 aliphatic rings. The van der Waals surface area contributed by atoms with Gasteiger partial charge in [0, 0.05) is 18.9 Å². The quantitative estimate of drug-likeness (QED) is 0.870. The van der Waals surface area contributed by atoms with Gasteiger partial charge in [-0.15, -0.1) is 0 Å². The molecule has 1 rings (SSSR count). The number of nitrogen functional groups attached to an aromatic ring is 1. The van der Waals surface area contributed by atoms with Crippen LogP contribution in [0.5, 0.6) is 0 Å². The summed E-state index contributed by atoms with van der Waals surface area (Å²) in [5, 5.41) is 2.79. The predicted octanol–water partition coefficient (Wildman–Crippen LogP) is 0.965. The normalized spacial score (nSPS) is 10.6. The van der Waals surface area contributed by atoms with Gasteiger partial charge < -0.3 is 15.6 Å². The van der Waals surface area contributed by atoms with E-state index in [4.69, 9.17) is 5.73 Å². The zero-order chi connectivity index (χ0) is 13.0. The maximum absolute atomic E-state index is 11.6. The van der Waals surface area contributed by atoms with Crippen LogP contribution < -0.4 is 16.5 Å². The van der Waals surface area contributed by atoms with Crippen LogP contribution in [0.25, 0.3) is 0 Å². The van der Waals surface area contributed by atoms with Gasteiger partial charge in [-0.3, -0.25) is 9.59 Å². The number of nitrogens with zero attached hydrogens (tertiary/aromatic N) is 1. The summed E-state index contributed by atoms with van der Waals surface area (Å²) in [6, 6.07) is 0. The maximum Gasteiger partial charge on any atom is 0.239 e. The monoisotopic (exact) mass is 301 g/mol. The minimum Gasteiger partial charge on any atom is -0.394 e. The van der Waals surface area contributed by atoms with E-state index in [9.17, 15) is 9.59 Å². The van der Waals surface area contributed by atoms with Crippen LogP contribution in [0.3, 0.4) is 0 Å². The number of nitrogens with two attached hydrogens (primary N) is 1. The molecular formula is C11H16BrN3O2. The Labute approximate surface area is 108 Å². The lowest BCUT2D eigenvalue weighted by atomic mass is 10.2. The zero-order valence-corrected chi connectivity index (χ0v) is 11.5. The van der Waals surface area contributed by atoms with Crippen molar-refractivity contribution in [3.05, 3.63) is 27.1 Å². The van der Waals surface area contributed by atoms with Gasteiger partial charge in [-0.25, -0.2) is 0 Å². The van der Waals surface area contributed by atoms with E-state index in [2.05, 4.69) is 21.2 Å². The summed E-state index contributed by atoms with van der Waals surface area (Å²) in [5.41, 5.74) is 5.39. The van der Waals surface area contributed by atoms with E-state index >= 15 is 0 Å². The summed E-state index contributed by atoms with van der Waals surface area (Å²) in [5.74, 6) is 0.304. The minimum absolute atomic E-state index is 0.103. The fourth-order valence-electron chi connectivity index (χ4n) is 1.25.